The summed E-state index contributed by atoms with van der Waals surface area (Å²) in [6.45, 7) is 0.665. The van der Waals surface area contributed by atoms with Crippen molar-refractivity contribution in [3.63, 3.8) is 0 Å². The van der Waals surface area contributed by atoms with Crippen molar-refractivity contribution in [2.45, 2.75) is 38.5 Å². The van der Waals surface area contributed by atoms with E-state index in [1.165, 1.54) is 0 Å². The van der Waals surface area contributed by atoms with E-state index in [4.69, 9.17) is 5.11 Å². The van der Waals surface area contributed by atoms with Crippen molar-refractivity contribution in [2.24, 2.45) is 0 Å². The Kier molecular flexibility index (Phi) is 3.06. The van der Waals surface area contributed by atoms with E-state index < -0.39 is 0 Å². The predicted molar refractivity (Wildman–Crippen MR) is 56.1 cm³/mol. The molecule has 1 aliphatic carbocycles. The van der Waals surface area contributed by atoms with E-state index in [0.29, 0.717) is 19.0 Å². The monoisotopic (exact) mass is 208 g/mol. The molecule has 0 aromatic carbocycles. The lowest BCUT2D eigenvalue weighted by molar-refractivity contribution is -0.121. The third-order valence-corrected chi connectivity index (χ3v) is 2.61. The molecule has 2 rings (SSSR count). The molecule has 0 radical (unpaired) electrons. The number of hydrogen-bond donors (Lipinski definition) is 2. The van der Waals surface area contributed by atoms with Crippen LogP contribution in [0.3, 0.4) is 0 Å². The molecule has 2 N–H and O–H groups in total. The van der Waals surface area contributed by atoms with Crippen LogP contribution < -0.4 is 5.32 Å². The Morgan fingerprint density at radius 2 is 2.40 bits per heavy atom. The normalized spacial score (nSPS) is 15.3. The van der Waals surface area contributed by atoms with Gasteiger partial charge in [-0.3, -0.25) is 4.79 Å². The first-order valence-corrected chi connectivity index (χ1v) is 5.34. The molecule has 1 aromatic heterocycles. The average molecular weight is 208 g/mol. The minimum atomic E-state index is 0.0250. The highest BCUT2D eigenvalue weighted by Crippen LogP contribution is 2.18. The first kappa shape index (κ1) is 10.2. The number of hydrogen-bond acceptors (Lipinski definition) is 2. The van der Waals surface area contributed by atoms with Crippen molar-refractivity contribution in [3.05, 3.63) is 24.0 Å². The van der Waals surface area contributed by atoms with Gasteiger partial charge in [-0.05, 0) is 25.0 Å². The third-order valence-electron chi connectivity index (χ3n) is 2.61. The predicted octanol–water partition coefficient (Wildman–Crippen LogP) is 0.649. The zero-order valence-corrected chi connectivity index (χ0v) is 8.65. The topological polar surface area (TPSA) is 54.3 Å². The van der Waals surface area contributed by atoms with Crippen molar-refractivity contribution in [1.29, 1.82) is 0 Å². The molecule has 1 saturated carbocycles. The maximum absolute atomic E-state index is 11.4. The Labute approximate surface area is 88.9 Å². The van der Waals surface area contributed by atoms with Crippen LogP contribution in [-0.2, 0) is 17.9 Å². The second-order valence-corrected chi connectivity index (χ2v) is 3.94. The summed E-state index contributed by atoms with van der Waals surface area (Å²) >= 11 is 0. The van der Waals surface area contributed by atoms with E-state index >= 15 is 0 Å². The number of rotatable bonds is 5. The van der Waals surface area contributed by atoms with Crippen molar-refractivity contribution >= 4 is 5.91 Å². The Bertz CT molecular complexity index is 342. The number of carbonyl (C=O) groups is 1. The van der Waals surface area contributed by atoms with Gasteiger partial charge in [0.1, 0.15) is 0 Å². The van der Waals surface area contributed by atoms with E-state index in [0.717, 1.165) is 18.5 Å². The molecule has 0 unspecified atom stereocenters. The maximum atomic E-state index is 11.4. The summed E-state index contributed by atoms with van der Waals surface area (Å²) in [4.78, 5) is 11.4. The van der Waals surface area contributed by atoms with Gasteiger partial charge in [0.05, 0.1) is 6.61 Å². The fraction of sp³-hybridized carbons (Fsp3) is 0.545. The van der Waals surface area contributed by atoms with Crippen LogP contribution in [0.15, 0.2) is 18.3 Å². The van der Waals surface area contributed by atoms with Crippen LogP contribution in [0.1, 0.15) is 25.0 Å². The molecule has 4 nitrogen and oxygen atoms in total. The molecule has 4 heteroatoms. The molecule has 82 valence electrons. The van der Waals surface area contributed by atoms with Crippen molar-refractivity contribution in [2.75, 3.05) is 0 Å². The molecule has 1 aromatic rings. The lowest BCUT2D eigenvalue weighted by atomic mass is 10.3. The number of amides is 1. The van der Waals surface area contributed by atoms with E-state index in [2.05, 4.69) is 5.32 Å². The largest absolute Gasteiger partial charge is 0.390 e. The summed E-state index contributed by atoms with van der Waals surface area (Å²) in [5.41, 5.74) is 0.856. The van der Waals surface area contributed by atoms with Crippen molar-refractivity contribution in [1.82, 2.24) is 9.88 Å². The van der Waals surface area contributed by atoms with Gasteiger partial charge in [-0.15, -0.1) is 0 Å². The Morgan fingerprint density at radius 1 is 1.60 bits per heavy atom. The van der Waals surface area contributed by atoms with Gasteiger partial charge in [0, 0.05) is 30.9 Å². The van der Waals surface area contributed by atoms with Gasteiger partial charge in [0.25, 0.3) is 0 Å². The molecule has 0 spiro atoms. The highest BCUT2D eigenvalue weighted by molar-refractivity contribution is 5.76. The van der Waals surface area contributed by atoms with Gasteiger partial charge >= 0.3 is 0 Å². The van der Waals surface area contributed by atoms with E-state index in [-0.39, 0.29) is 12.5 Å². The smallest absolute Gasteiger partial charge is 0.222 e. The van der Waals surface area contributed by atoms with Crippen LogP contribution in [0.5, 0.6) is 0 Å². The van der Waals surface area contributed by atoms with Crippen LogP contribution in [0.25, 0.3) is 0 Å². The molecule has 1 fully saturated rings. The number of aliphatic hydroxyl groups is 1. The number of aliphatic hydroxyl groups excluding tert-OH is 1. The number of nitrogens with zero attached hydrogens (tertiary/aromatic N) is 1. The second kappa shape index (κ2) is 4.49. The number of carbonyl (C=O) groups excluding carboxylic acids is 1. The van der Waals surface area contributed by atoms with Crippen LogP contribution in [0.2, 0.25) is 0 Å². The lowest BCUT2D eigenvalue weighted by Gasteiger charge is -2.07. The minimum absolute atomic E-state index is 0.0250. The fourth-order valence-corrected chi connectivity index (χ4v) is 1.56. The molecule has 0 bridgehead atoms. The van der Waals surface area contributed by atoms with Gasteiger partial charge in [0.15, 0.2) is 0 Å². The van der Waals surface area contributed by atoms with Gasteiger partial charge in [-0.25, -0.2) is 0 Å². The molecular weight excluding hydrogens is 192 g/mol. The highest BCUT2D eigenvalue weighted by atomic mass is 16.3. The minimum Gasteiger partial charge on any atom is -0.390 e. The summed E-state index contributed by atoms with van der Waals surface area (Å²) in [6.07, 6.45) is 4.61. The quantitative estimate of drug-likeness (QED) is 0.746. The Balaban J connectivity index is 1.78. The standard InChI is InChI=1S/C11H16N2O2/c14-8-10-2-1-6-13(10)7-5-11(15)12-9-3-4-9/h1-2,6,9,14H,3-5,7-8H2,(H,12,15). The molecular formula is C11H16N2O2. The fourth-order valence-electron chi connectivity index (χ4n) is 1.56. The summed E-state index contributed by atoms with van der Waals surface area (Å²) in [5, 5.41) is 11.9. The Hall–Kier alpha value is -1.29. The Morgan fingerprint density at radius 3 is 3.07 bits per heavy atom. The third kappa shape index (κ3) is 2.83. The summed E-state index contributed by atoms with van der Waals surface area (Å²) < 4.78 is 1.91. The van der Waals surface area contributed by atoms with Crippen LogP contribution in [-0.4, -0.2) is 21.6 Å². The van der Waals surface area contributed by atoms with Crippen LogP contribution in [0.4, 0.5) is 0 Å². The number of nitrogens with one attached hydrogen (secondary N) is 1. The summed E-state index contributed by atoms with van der Waals surface area (Å²) in [6, 6.07) is 4.17. The number of aromatic nitrogens is 1. The summed E-state index contributed by atoms with van der Waals surface area (Å²) in [7, 11) is 0. The SMILES string of the molecule is O=C(CCn1cccc1CO)NC1CC1. The first-order valence-electron chi connectivity index (χ1n) is 5.34. The molecule has 1 amide bonds. The average Bonchev–Trinajstić information content (AvgIpc) is 2.92. The summed E-state index contributed by atoms with van der Waals surface area (Å²) in [5.74, 6) is 0.107. The zero-order chi connectivity index (χ0) is 10.7. The number of aryl methyl sites for hydroxylation is 1. The molecule has 1 aliphatic rings. The molecule has 0 aliphatic heterocycles. The molecule has 0 atom stereocenters. The molecule has 1 heterocycles. The molecule has 0 saturated heterocycles. The van der Waals surface area contributed by atoms with E-state index in [1.54, 1.807) is 0 Å². The lowest BCUT2D eigenvalue weighted by Crippen LogP contribution is -2.26. The van der Waals surface area contributed by atoms with E-state index in [9.17, 15) is 4.79 Å². The van der Waals surface area contributed by atoms with Gasteiger partial charge in [0.2, 0.25) is 5.91 Å². The van der Waals surface area contributed by atoms with Gasteiger partial charge in [-0.1, -0.05) is 0 Å². The van der Waals surface area contributed by atoms with Crippen molar-refractivity contribution < 1.29 is 9.90 Å². The second-order valence-electron chi connectivity index (χ2n) is 3.94. The zero-order valence-electron chi connectivity index (χ0n) is 8.65. The van der Waals surface area contributed by atoms with Crippen LogP contribution in [0, 0.1) is 0 Å². The maximum Gasteiger partial charge on any atom is 0.222 e. The van der Waals surface area contributed by atoms with Crippen molar-refractivity contribution in [3.8, 4) is 0 Å². The van der Waals surface area contributed by atoms with Gasteiger partial charge < -0.3 is 15.0 Å². The first-order chi connectivity index (χ1) is 7.29. The molecule has 15 heavy (non-hydrogen) atoms. The highest BCUT2D eigenvalue weighted by Gasteiger charge is 2.22. The van der Waals surface area contributed by atoms with Gasteiger partial charge in [-0.2, -0.15) is 0 Å². The van der Waals surface area contributed by atoms with E-state index in [1.807, 2.05) is 22.9 Å². The van der Waals surface area contributed by atoms with Crippen LogP contribution >= 0.6 is 0 Å².